The van der Waals surface area contributed by atoms with E-state index in [1.54, 1.807) is 0 Å². The highest BCUT2D eigenvalue weighted by Crippen LogP contribution is 2.66. The van der Waals surface area contributed by atoms with E-state index in [2.05, 4.69) is 19.1 Å². The average Bonchev–Trinajstić information content (AvgIpc) is 3.20. The summed E-state index contributed by atoms with van der Waals surface area (Å²) in [6, 6.07) is 0. The van der Waals surface area contributed by atoms with E-state index in [9.17, 15) is 9.90 Å². The lowest BCUT2D eigenvalue weighted by Crippen LogP contribution is -2.52. The third-order valence-electron chi connectivity index (χ3n) is 8.71. The molecule has 3 nitrogen and oxygen atoms in total. The number of hydrogen-bond donors (Lipinski definition) is 1. The molecule has 25 heavy (non-hydrogen) atoms. The first-order valence-electron chi connectivity index (χ1n) is 10.2. The first-order chi connectivity index (χ1) is 12.1. The highest BCUT2D eigenvalue weighted by Gasteiger charge is 2.63. The molecule has 4 aliphatic carbocycles. The van der Waals surface area contributed by atoms with E-state index >= 15 is 0 Å². The van der Waals surface area contributed by atoms with Crippen molar-refractivity contribution in [1.82, 2.24) is 0 Å². The predicted octanol–water partition coefficient (Wildman–Crippen LogP) is 3.82. The Morgan fingerprint density at radius 2 is 2.12 bits per heavy atom. The number of fused-ring (bicyclic) bond motifs is 6. The van der Waals surface area contributed by atoms with Crippen molar-refractivity contribution in [1.29, 1.82) is 0 Å². The van der Waals surface area contributed by atoms with Gasteiger partial charge in [-0.3, -0.25) is 4.79 Å². The maximum atomic E-state index is 12.0. The van der Waals surface area contributed by atoms with Gasteiger partial charge in [0.15, 0.2) is 0 Å². The average molecular weight is 342 g/mol. The van der Waals surface area contributed by atoms with Crippen LogP contribution in [0.1, 0.15) is 58.3 Å². The number of rotatable bonds is 1. The number of carbonyl (C=O) groups is 1. The quantitative estimate of drug-likeness (QED) is 0.737. The zero-order valence-electron chi connectivity index (χ0n) is 15.3. The first-order valence-corrected chi connectivity index (χ1v) is 10.2. The summed E-state index contributed by atoms with van der Waals surface area (Å²) in [7, 11) is 0. The fourth-order valence-corrected chi connectivity index (χ4v) is 7.50. The summed E-state index contributed by atoms with van der Waals surface area (Å²) in [5.41, 5.74) is 2.74. The fraction of sp³-hybridized carbons (Fsp3) is 0.773. The van der Waals surface area contributed by atoms with Crippen molar-refractivity contribution in [3.8, 4) is 0 Å². The molecule has 0 saturated heterocycles. The molecule has 3 saturated carbocycles. The molecule has 0 aromatic rings. The molecule has 0 radical (unpaired) electrons. The molecular weight excluding hydrogens is 312 g/mol. The number of Topliss-reactive ketones (excluding diaryl/α,β-unsaturated/α-hetero) is 1. The van der Waals surface area contributed by atoms with E-state index in [-0.39, 0.29) is 17.6 Å². The van der Waals surface area contributed by atoms with Crippen LogP contribution in [0, 0.1) is 29.1 Å². The van der Waals surface area contributed by atoms with E-state index in [0.29, 0.717) is 30.0 Å². The SMILES string of the molecule is C[C@]12CCC3C(CC(CO)=C4CC(=O)CC[C@@H]43)C1CC[C@@]21C=CCO1. The van der Waals surface area contributed by atoms with Gasteiger partial charge in [0, 0.05) is 18.3 Å². The van der Waals surface area contributed by atoms with Gasteiger partial charge in [0.05, 0.1) is 18.8 Å². The molecule has 6 atom stereocenters. The van der Waals surface area contributed by atoms with Gasteiger partial charge < -0.3 is 9.84 Å². The molecule has 5 rings (SSSR count). The van der Waals surface area contributed by atoms with Gasteiger partial charge in [-0.25, -0.2) is 0 Å². The molecule has 1 aliphatic heterocycles. The molecule has 136 valence electrons. The molecular formula is C22H30O3. The highest BCUT2D eigenvalue weighted by atomic mass is 16.5. The molecule has 3 unspecified atom stereocenters. The Labute approximate surface area is 150 Å². The van der Waals surface area contributed by atoms with Crippen LogP contribution < -0.4 is 0 Å². The van der Waals surface area contributed by atoms with Crippen molar-refractivity contribution in [2.45, 2.75) is 63.9 Å². The van der Waals surface area contributed by atoms with Crippen molar-refractivity contribution >= 4 is 5.78 Å². The maximum Gasteiger partial charge on any atom is 0.136 e. The third kappa shape index (κ3) is 2.09. The largest absolute Gasteiger partial charge is 0.392 e. The lowest BCUT2D eigenvalue weighted by Gasteiger charge is -2.55. The van der Waals surface area contributed by atoms with Gasteiger partial charge in [-0.1, -0.05) is 24.6 Å². The Morgan fingerprint density at radius 1 is 1.24 bits per heavy atom. The van der Waals surface area contributed by atoms with Crippen LogP contribution in [-0.2, 0) is 9.53 Å². The van der Waals surface area contributed by atoms with Crippen molar-refractivity contribution in [2.24, 2.45) is 29.1 Å². The molecule has 3 fully saturated rings. The Balaban J connectivity index is 1.51. The number of ether oxygens (including phenoxy) is 1. The van der Waals surface area contributed by atoms with Crippen molar-refractivity contribution in [2.75, 3.05) is 13.2 Å². The third-order valence-corrected chi connectivity index (χ3v) is 8.71. The minimum Gasteiger partial charge on any atom is -0.392 e. The van der Waals surface area contributed by atoms with E-state index in [1.807, 2.05) is 0 Å². The topological polar surface area (TPSA) is 46.5 Å². The number of aliphatic hydroxyl groups is 1. The minimum absolute atomic E-state index is 0.0332. The maximum absolute atomic E-state index is 12.0. The van der Waals surface area contributed by atoms with Crippen LogP contribution in [0.3, 0.4) is 0 Å². The van der Waals surface area contributed by atoms with E-state index in [0.717, 1.165) is 38.2 Å². The number of allylic oxidation sites excluding steroid dienone is 1. The Bertz CT molecular complexity index is 662. The summed E-state index contributed by atoms with van der Waals surface area (Å²) < 4.78 is 6.31. The Hall–Kier alpha value is -0.930. The molecule has 0 amide bonds. The summed E-state index contributed by atoms with van der Waals surface area (Å²) in [5, 5.41) is 10.0. The lowest BCUT2D eigenvalue weighted by molar-refractivity contribution is -0.122. The predicted molar refractivity (Wildman–Crippen MR) is 95.9 cm³/mol. The van der Waals surface area contributed by atoms with Crippen LogP contribution in [-0.4, -0.2) is 29.7 Å². The lowest BCUT2D eigenvalue weighted by atomic mass is 9.50. The zero-order chi connectivity index (χ0) is 17.2. The van der Waals surface area contributed by atoms with Crippen molar-refractivity contribution < 1.29 is 14.6 Å². The number of hydrogen-bond acceptors (Lipinski definition) is 3. The normalized spacial score (nSPS) is 48.6. The second kappa shape index (κ2) is 5.53. The van der Waals surface area contributed by atoms with E-state index < -0.39 is 0 Å². The smallest absolute Gasteiger partial charge is 0.136 e. The molecule has 1 N–H and O–H groups in total. The second-order valence-electron chi connectivity index (χ2n) is 9.38. The van der Waals surface area contributed by atoms with Gasteiger partial charge in [0.25, 0.3) is 0 Å². The first kappa shape index (κ1) is 16.3. The van der Waals surface area contributed by atoms with Crippen molar-refractivity contribution in [3.63, 3.8) is 0 Å². The highest BCUT2D eigenvalue weighted by molar-refractivity contribution is 5.82. The van der Waals surface area contributed by atoms with E-state index in [1.165, 1.54) is 30.4 Å². The summed E-state index contributed by atoms with van der Waals surface area (Å²) in [5.74, 6) is 3.01. The van der Waals surface area contributed by atoms with Gasteiger partial charge in [-0.05, 0) is 67.8 Å². The molecule has 1 spiro atoms. The van der Waals surface area contributed by atoms with E-state index in [4.69, 9.17) is 4.74 Å². The fourth-order valence-electron chi connectivity index (χ4n) is 7.50. The van der Waals surface area contributed by atoms with Crippen LogP contribution >= 0.6 is 0 Å². The van der Waals surface area contributed by atoms with Gasteiger partial charge in [-0.2, -0.15) is 0 Å². The molecule has 0 aromatic carbocycles. The second-order valence-corrected chi connectivity index (χ2v) is 9.38. The van der Waals surface area contributed by atoms with Crippen LogP contribution in [0.4, 0.5) is 0 Å². The number of aliphatic hydroxyl groups excluding tert-OH is 1. The monoisotopic (exact) mass is 342 g/mol. The van der Waals surface area contributed by atoms with Gasteiger partial charge in [0.2, 0.25) is 0 Å². The summed E-state index contributed by atoms with van der Waals surface area (Å²) in [4.78, 5) is 12.0. The van der Waals surface area contributed by atoms with Gasteiger partial charge in [0.1, 0.15) is 5.78 Å². The molecule has 1 heterocycles. The minimum atomic E-state index is -0.0332. The van der Waals surface area contributed by atoms with Crippen LogP contribution in [0.15, 0.2) is 23.3 Å². The molecule has 0 bridgehead atoms. The Kier molecular flexibility index (Phi) is 3.60. The molecule has 3 heteroatoms. The summed E-state index contributed by atoms with van der Waals surface area (Å²) in [6.07, 6.45) is 12.9. The summed E-state index contributed by atoms with van der Waals surface area (Å²) >= 11 is 0. The van der Waals surface area contributed by atoms with Gasteiger partial charge >= 0.3 is 0 Å². The molecule has 5 aliphatic rings. The number of ketones is 1. The zero-order valence-corrected chi connectivity index (χ0v) is 15.3. The van der Waals surface area contributed by atoms with Crippen LogP contribution in [0.2, 0.25) is 0 Å². The van der Waals surface area contributed by atoms with Crippen LogP contribution in [0.5, 0.6) is 0 Å². The van der Waals surface area contributed by atoms with Crippen molar-refractivity contribution in [3.05, 3.63) is 23.3 Å². The Morgan fingerprint density at radius 3 is 2.88 bits per heavy atom. The number of carbonyl (C=O) groups excluding carboxylic acids is 1. The summed E-state index contributed by atoms with van der Waals surface area (Å²) in [6.45, 7) is 3.39. The molecule has 0 aromatic heterocycles. The van der Waals surface area contributed by atoms with Crippen LogP contribution in [0.25, 0.3) is 0 Å². The van der Waals surface area contributed by atoms with Gasteiger partial charge in [-0.15, -0.1) is 0 Å². The standard InChI is InChI=1S/C22H30O3/c1-21-8-5-17-16-4-3-15(24)12-18(16)14(13-23)11-19(17)20(21)6-9-22(21)7-2-10-25-22/h2,7,16-17,19-20,23H,3-6,8-13H2,1H3/t16-,17?,19?,20?,21+,22+/m1/s1.